The number of hydrogen-bond donors (Lipinski definition) is 1. The first-order valence-corrected chi connectivity index (χ1v) is 8.56. The van der Waals surface area contributed by atoms with Gasteiger partial charge in [-0.15, -0.1) is 5.10 Å². The summed E-state index contributed by atoms with van der Waals surface area (Å²) in [5, 5.41) is 7.40. The second-order valence-electron chi connectivity index (χ2n) is 3.89. The number of nitrogens with zero attached hydrogens (tertiary/aromatic N) is 3. The Morgan fingerprint density at radius 3 is 2.94 bits per heavy atom. The van der Waals surface area contributed by atoms with Crippen LogP contribution in [0.3, 0.4) is 0 Å². The number of aryl methyl sites for hydroxylation is 1. The van der Waals surface area contributed by atoms with Gasteiger partial charge in [-0.1, -0.05) is 5.21 Å². The van der Waals surface area contributed by atoms with Gasteiger partial charge in [0.15, 0.2) is 4.60 Å². The number of thioether (sulfide) groups is 1. The van der Waals surface area contributed by atoms with Gasteiger partial charge in [-0.25, -0.2) is 17.8 Å². The van der Waals surface area contributed by atoms with Crippen LogP contribution in [-0.4, -0.2) is 41.5 Å². The third-order valence-corrected chi connectivity index (χ3v) is 6.12. The summed E-state index contributed by atoms with van der Waals surface area (Å²) in [5.41, 5.74) is 0. The molecule has 9 heteroatoms. The first kappa shape index (κ1) is 13.3. The van der Waals surface area contributed by atoms with E-state index in [1.165, 1.54) is 4.68 Å². The van der Waals surface area contributed by atoms with Crippen molar-refractivity contribution >= 4 is 37.7 Å². The van der Waals surface area contributed by atoms with Gasteiger partial charge in [0, 0.05) is 13.6 Å². The van der Waals surface area contributed by atoms with Gasteiger partial charge in [0.2, 0.25) is 5.03 Å². The maximum Gasteiger partial charge on any atom is 0.260 e. The standard InChI is InChI=1S/C8H13BrN4O2S2/c1-13-8(7(9)11-12-13)17(14,15)10-4-6-2-3-16-5-6/h6,10H,2-5H2,1H3. The summed E-state index contributed by atoms with van der Waals surface area (Å²) < 4.78 is 28.2. The van der Waals surface area contributed by atoms with Crippen LogP contribution >= 0.6 is 27.7 Å². The number of rotatable bonds is 4. The van der Waals surface area contributed by atoms with Crippen molar-refractivity contribution in [1.29, 1.82) is 0 Å². The van der Waals surface area contributed by atoms with Gasteiger partial charge in [-0.05, 0) is 39.8 Å². The molecule has 0 aromatic carbocycles. The van der Waals surface area contributed by atoms with Crippen LogP contribution in [0.25, 0.3) is 0 Å². The highest BCUT2D eigenvalue weighted by Crippen LogP contribution is 2.23. The third-order valence-electron chi connectivity index (χ3n) is 2.58. The lowest BCUT2D eigenvalue weighted by molar-refractivity contribution is 0.533. The first-order chi connectivity index (χ1) is 8.00. The molecule has 17 heavy (non-hydrogen) atoms. The van der Waals surface area contributed by atoms with Crippen molar-refractivity contribution in [2.45, 2.75) is 11.4 Å². The van der Waals surface area contributed by atoms with E-state index < -0.39 is 10.0 Å². The molecule has 1 unspecified atom stereocenters. The normalized spacial score (nSPS) is 20.9. The zero-order valence-electron chi connectivity index (χ0n) is 9.26. The summed E-state index contributed by atoms with van der Waals surface area (Å²) in [7, 11) is -1.98. The molecule has 6 nitrogen and oxygen atoms in total. The molecular weight excluding hydrogens is 328 g/mol. The zero-order valence-corrected chi connectivity index (χ0v) is 12.5. The molecule has 2 rings (SSSR count). The quantitative estimate of drug-likeness (QED) is 0.868. The number of sulfonamides is 1. The van der Waals surface area contributed by atoms with Crippen LogP contribution in [-0.2, 0) is 17.1 Å². The van der Waals surface area contributed by atoms with Crippen LogP contribution in [0.15, 0.2) is 9.63 Å². The zero-order chi connectivity index (χ0) is 12.5. The van der Waals surface area contributed by atoms with E-state index in [4.69, 9.17) is 0 Å². The summed E-state index contributed by atoms with van der Waals surface area (Å²) in [6.07, 6.45) is 1.07. The van der Waals surface area contributed by atoms with Crippen molar-refractivity contribution in [2.75, 3.05) is 18.1 Å². The highest BCUT2D eigenvalue weighted by molar-refractivity contribution is 9.10. The Hall–Kier alpha value is -0.120. The van der Waals surface area contributed by atoms with Gasteiger partial charge in [-0.2, -0.15) is 11.8 Å². The van der Waals surface area contributed by atoms with Crippen molar-refractivity contribution in [3.05, 3.63) is 4.60 Å². The molecule has 0 radical (unpaired) electrons. The molecule has 1 atom stereocenters. The lowest BCUT2D eigenvalue weighted by Gasteiger charge is -2.10. The smallest absolute Gasteiger partial charge is 0.235 e. The van der Waals surface area contributed by atoms with Gasteiger partial charge < -0.3 is 0 Å². The monoisotopic (exact) mass is 340 g/mol. The van der Waals surface area contributed by atoms with E-state index in [0.717, 1.165) is 17.9 Å². The Kier molecular flexibility index (Phi) is 4.11. The molecule has 1 aliphatic heterocycles. The van der Waals surface area contributed by atoms with Crippen LogP contribution < -0.4 is 4.72 Å². The van der Waals surface area contributed by atoms with E-state index >= 15 is 0 Å². The van der Waals surface area contributed by atoms with Gasteiger partial charge >= 0.3 is 0 Å². The molecule has 1 fully saturated rings. The van der Waals surface area contributed by atoms with E-state index in [1.807, 2.05) is 11.8 Å². The van der Waals surface area contributed by atoms with E-state index in [-0.39, 0.29) is 9.63 Å². The highest BCUT2D eigenvalue weighted by Gasteiger charge is 2.25. The maximum atomic E-state index is 12.0. The van der Waals surface area contributed by atoms with Gasteiger partial charge in [0.05, 0.1) is 0 Å². The minimum atomic E-state index is -3.53. The molecule has 1 saturated heterocycles. The fourth-order valence-corrected chi connectivity index (χ4v) is 5.14. The Bertz CT molecular complexity index is 476. The van der Waals surface area contributed by atoms with E-state index in [1.54, 1.807) is 7.05 Å². The molecule has 1 aromatic rings. The molecule has 0 bridgehead atoms. The average Bonchev–Trinajstić information content (AvgIpc) is 2.86. The van der Waals surface area contributed by atoms with E-state index in [9.17, 15) is 8.42 Å². The number of aromatic nitrogens is 3. The highest BCUT2D eigenvalue weighted by atomic mass is 79.9. The molecule has 0 spiro atoms. The lowest BCUT2D eigenvalue weighted by atomic mass is 10.1. The number of halogens is 1. The third kappa shape index (κ3) is 3.01. The van der Waals surface area contributed by atoms with Crippen molar-refractivity contribution in [3.8, 4) is 0 Å². The second kappa shape index (κ2) is 5.25. The minimum absolute atomic E-state index is 0.0724. The molecule has 96 valence electrons. The summed E-state index contributed by atoms with van der Waals surface area (Å²) >= 11 is 4.95. The van der Waals surface area contributed by atoms with Crippen molar-refractivity contribution in [1.82, 2.24) is 19.7 Å². The summed E-state index contributed by atoms with van der Waals surface area (Å²) in [5.74, 6) is 2.56. The van der Waals surface area contributed by atoms with Crippen LogP contribution in [0.5, 0.6) is 0 Å². The van der Waals surface area contributed by atoms with Crippen LogP contribution in [0.4, 0.5) is 0 Å². The number of nitrogens with one attached hydrogen (secondary N) is 1. The first-order valence-electron chi connectivity index (χ1n) is 5.13. The van der Waals surface area contributed by atoms with Gasteiger partial charge in [-0.3, -0.25) is 0 Å². The molecule has 1 aliphatic rings. The van der Waals surface area contributed by atoms with Crippen LogP contribution in [0, 0.1) is 5.92 Å². The van der Waals surface area contributed by atoms with Crippen LogP contribution in [0.1, 0.15) is 6.42 Å². The van der Waals surface area contributed by atoms with Crippen molar-refractivity contribution in [2.24, 2.45) is 13.0 Å². The SMILES string of the molecule is Cn1nnc(Br)c1S(=O)(=O)NCC1CCSC1. The Morgan fingerprint density at radius 1 is 1.65 bits per heavy atom. The summed E-state index contributed by atoms with van der Waals surface area (Å²) in [6, 6.07) is 0. The molecule has 1 aromatic heterocycles. The van der Waals surface area contributed by atoms with Gasteiger partial charge in [0.1, 0.15) is 0 Å². The van der Waals surface area contributed by atoms with Crippen molar-refractivity contribution < 1.29 is 8.42 Å². The minimum Gasteiger partial charge on any atom is -0.235 e. The Morgan fingerprint density at radius 2 is 2.41 bits per heavy atom. The topological polar surface area (TPSA) is 76.9 Å². The fourth-order valence-electron chi connectivity index (χ4n) is 1.65. The molecule has 0 amide bonds. The predicted molar refractivity (Wildman–Crippen MR) is 69.3 cm³/mol. The van der Waals surface area contributed by atoms with E-state index in [2.05, 4.69) is 31.0 Å². The van der Waals surface area contributed by atoms with Crippen molar-refractivity contribution in [3.63, 3.8) is 0 Å². The molecule has 0 saturated carbocycles. The molecule has 2 heterocycles. The van der Waals surface area contributed by atoms with Crippen LogP contribution in [0.2, 0.25) is 0 Å². The maximum absolute atomic E-state index is 12.0. The summed E-state index contributed by atoms with van der Waals surface area (Å²) in [4.78, 5) is 0. The lowest BCUT2D eigenvalue weighted by Crippen LogP contribution is -2.31. The average molecular weight is 341 g/mol. The summed E-state index contributed by atoms with van der Waals surface area (Å²) in [6.45, 7) is 0.479. The second-order valence-corrected chi connectivity index (χ2v) is 7.47. The molecule has 0 aliphatic carbocycles. The van der Waals surface area contributed by atoms with Gasteiger partial charge in [0.25, 0.3) is 10.0 Å². The van der Waals surface area contributed by atoms with E-state index in [0.29, 0.717) is 12.5 Å². The fraction of sp³-hybridized carbons (Fsp3) is 0.750. The Labute approximate surface area is 113 Å². The Balaban J connectivity index is 2.08. The molecular formula is C8H13BrN4O2S2. The number of hydrogen-bond acceptors (Lipinski definition) is 5. The molecule has 1 N–H and O–H groups in total. The largest absolute Gasteiger partial charge is 0.260 e. The predicted octanol–water partition coefficient (Wildman–Crippen LogP) is 0.609.